The molecule has 1 aromatic carbocycles. The molecular formula is C18H28BNO6. The normalized spacial score (nSPS) is 18.8. The maximum Gasteiger partial charge on any atom is 0.495 e. The van der Waals surface area contributed by atoms with Gasteiger partial charge in [-0.05, 0) is 64.7 Å². The molecule has 0 saturated carbocycles. The molecule has 1 heterocycles. The van der Waals surface area contributed by atoms with Crippen molar-refractivity contribution in [1.82, 2.24) is 0 Å². The molecule has 0 aromatic heterocycles. The van der Waals surface area contributed by atoms with Crippen LogP contribution in [0.4, 0.5) is 4.79 Å². The lowest BCUT2D eigenvalue weighted by molar-refractivity contribution is -0.117. The van der Waals surface area contributed by atoms with Crippen LogP contribution < -0.4 is 15.9 Å². The minimum Gasteiger partial charge on any atom is -0.410 e. The molecule has 26 heavy (non-hydrogen) atoms. The van der Waals surface area contributed by atoms with Crippen molar-refractivity contribution in [2.24, 2.45) is 5.73 Å². The number of carbonyl (C=O) groups excluding carboxylic acids is 1. The van der Waals surface area contributed by atoms with Crippen LogP contribution in [0, 0.1) is 0 Å². The summed E-state index contributed by atoms with van der Waals surface area (Å²) in [4.78, 5) is 11.1. The Kier molecular flexibility index (Phi) is 5.73. The first-order valence-electron chi connectivity index (χ1n) is 8.50. The van der Waals surface area contributed by atoms with E-state index < -0.39 is 30.0 Å². The standard InChI is InChI=1S/C18H28BNO6/c1-16(2,23-11-22-7)13-10-12(24-15(20)21)8-9-14(13)19-25-17(3,4)18(5,6)26-19/h8-10H,11H2,1-7H3,(H2,20,21). The zero-order valence-electron chi connectivity index (χ0n) is 16.5. The van der Waals surface area contributed by atoms with E-state index >= 15 is 0 Å². The number of hydrogen-bond donors (Lipinski definition) is 1. The summed E-state index contributed by atoms with van der Waals surface area (Å²) >= 11 is 0. The monoisotopic (exact) mass is 365 g/mol. The van der Waals surface area contributed by atoms with Gasteiger partial charge < -0.3 is 29.3 Å². The van der Waals surface area contributed by atoms with Crippen molar-refractivity contribution in [2.75, 3.05) is 13.9 Å². The number of primary amides is 1. The van der Waals surface area contributed by atoms with E-state index in [0.29, 0.717) is 5.75 Å². The minimum absolute atomic E-state index is 0.108. The molecule has 7 nitrogen and oxygen atoms in total. The number of methoxy groups -OCH3 is 1. The maximum atomic E-state index is 11.1. The SMILES string of the molecule is COCOC(C)(C)c1cc(OC(N)=O)ccc1B1OC(C)(C)C(C)(C)O1. The zero-order chi connectivity index (χ0) is 19.8. The Bertz CT molecular complexity index is 658. The van der Waals surface area contributed by atoms with Crippen molar-refractivity contribution in [1.29, 1.82) is 0 Å². The molecule has 0 aliphatic carbocycles. The van der Waals surface area contributed by atoms with Crippen LogP contribution in [0.3, 0.4) is 0 Å². The van der Waals surface area contributed by atoms with Gasteiger partial charge in [-0.25, -0.2) is 4.79 Å². The van der Waals surface area contributed by atoms with E-state index in [-0.39, 0.29) is 6.79 Å². The van der Waals surface area contributed by atoms with Gasteiger partial charge >= 0.3 is 13.2 Å². The van der Waals surface area contributed by atoms with Gasteiger partial charge in [-0.1, -0.05) is 6.07 Å². The molecule has 1 fully saturated rings. The molecule has 0 radical (unpaired) electrons. The minimum atomic E-state index is -0.880. The van der Waals surface area contributed by atoms with Gasteiger partial charge in [0.1, 0.15) is 12.5 Å². The van der Waals surface area contributed by atoms with E-state index in [1.807, 2.05) is 41.5 Å². The Hall–Kier alpha value is -1.61. The molecule has 0 bridgehead atoms. The molecule has 0 unspecified atom stereocenters. The van der Waals surface area contributed by atoms with Crippen LogP contribution in [-0.4, -0.2) is 38.3 Å². The molecule has 2 N–H and O–H groups in total. The van der Waals surface area contributed by atoms with E-state index in [0.717, 1.165) is 11.0 Å². The molecule has 0 spiro atoms. The fourth-order valence-corrected chi connectivity index (χ4v) is 2.70. The van der Waals surface area contributed by atoms with Gasteiger partial charge in [0.2, 0.25) is 0 Å². The number of hydrogen-bond acceptors (Lipinski definition) is 6. The number of nitrogens with two attached hydrogens (primary N) is 1. The summed E-state index contributed by atoms with van der Waals surface area (Å²) in [5.74, 6) is 0.321. The van der Waals surface area contributed by atoms with Gasteiger partial charge in [0, 0.05) is 7.11 Å². The van der Waals surface area contributed by atoms with Crippen LogP contribution >= 0.6 is 0 Å². The maximum absolute atomic E-state index is 11.1. The third kappa shape index (κ3) is 4.20. The zero-order valence-corrected chi connectivity index (χ0v) is 16.5. The third-order valence-electron chi connectivity index (χ3n) is 4.94. The largest absolute Gasteiger partial charge is 0.495 e. The average molecular weight is 365 g/mol. The highest BCUT2D eigenvalue weighted by Gasteiger charge is 2.52. The molecule has 144 valence electrons. The summed E-state index contributed by atoms with van der Waals surface area (Å²) in [5.41, 5.74) is 4.98. The molecule has 0 atom stereocenters. The number of rotatable bonds is 6. The fraction of sp³-hybridized carbons (Fsp3) is 0.611. The van der Waals surface area contributed by atoms with Crippen molar-refractivity contribution >= 4 is 18.7 Å². The van der Waals surface area contributed by atoms with E-state index in [1.54, 1.807) is 25.3 Å². The second-order valence-corrected chi connectivity index (χ2v) is 7.82. The first kappa shape index (κ1) is 20.7. The quantitative estimate of drug-likeness (QED) is 0.615. The van der Waals surface area contributed by atoms with Crippen LogP contribution in [0.25, 0.3) is 0 Å². The lowest BCUT2D eigenvalue weighted by Gasteiger charge is -2.32. The molecule has 8 heteroatoms. The first-order valence-corrected chi connectivity index (χ1v) is 8.50. The van der Waals surface area contributed by atoms with E-state index in [4.69, 9.17) is 29.3 Å². The van der Waals surface area contributed by atoms with Crippen LogP contribution in [-0.2, 0) is 24.4 Å². The molecule has 1 aliphatic rings. The van der Waals surface area contributed by atoms with Crippen molar-refractivity contribution in [3.63, 3.8) is 0 Å². The molecule has 1 amide bonds. The Morgan fingerprint density at radius 1 is 1.19 bits per heavy atom. The molecular weight excluding hydrogens is 337 g/mol. The summed E-state index contributed by atoms with van der Waals surface area (Å²) in [5, 5.41) is 0. The fourth-order valence-electron chi connectivity index (χ4n) is 2.70. The first-order chi connectivity index (χ1) is 11.9. The van der Waals surface area contributed by atoms with Crippen LogP contribution in [0.2, 0.25) is 0 Å². The Balaban J connectivity index is 2.47. The summed E-state index contributed by atoms with van der Waals surface area (Å²) < 4.78 is 28.2. The Morgan fingerprint density at radius 3 is 2.27 bits per heavy atom. The molecule has 1 saturated heterocycles. The van der Waals surface area contributed by atoms with Gasteiger partial charge in [-0.15, -0.1) is 0 Å². The van der Waals surface area contributed by atoms with Crippen molar-refractivity contribution < 1.29 is 28.3 Å². The molecule has 1 aromatic rings. The lowest BCUT2D eigenvalue weighted by Crippen LogP contribution is -2.41. The van der Waals surface area contributed by atoms with E-state index in [2.05, 4.69) is 0 Å². The van der Waals surface area contributed by atoms with Crippen molar-refractivity contribution in [2.45, 2.75) is 58.3 Å². The number of amides is 1. The van der Waals surface area contributed by atoms with Crippen LogP contribution in [0.5, 0.6) is 5.75 Å². The van der Waals surface area contributed by atoms with Crippen molar-refractivity contribution in [3.05, 3.63) is 23.8 Å². The predicted octanol–water partition coefficient (Wildman–Crippen LogP) is 2.30. The smallest absolute Gasteiger partial charge is 0.410 e. The van der Waals surface area contributed by atoms with E-state index in [9.17, 15) is 4.79 Å². The second kappa shape index (κ2) is 7.19. The number of carbonyl (C=O) groups is 1. The van der Waals surface area contributed by atoms with Gasteiger partial charge in [0.05, 0.1) is 16.8 Å². The highest BCUT2D eigenvalue weighted by Crippen LogP contribution is 2.38. The number of ether oxygens (including phenoxy) is 3. The Labute approximate surface area is 155 Å². The summed E-state index contributed by atoms with van der Waals surface area (Å²) in [7, 11) is 0.973. The van der Waals surface area contributed by atoms with Crippen LogP contribution in [0.1, 0.15) is 47.1 Å². The molecule has 2 rings (SSSR count). The molecule has 1 aliphatic heterocycles. The van der Waals surface area contributed by atoms with Gasteiger partial charge in [0.15, 0.2) is 0 Å². The summed E-state index contributed by atoms with van der Waals surface area (Å²) in [6.45, 7) is 11.9. The van der Waals surface area contributed by atoms with Crippen LogP contribution in [0.15, 0.2) is 18.2 Å². The van der Waals surface area contributed by atoms with Gasteiger partial charge in [-0.2, -0.15) is 0 Å². The lowest BCUT2D eigenvalue weighted by atomic mass is 9.72. The average Bonchev–Trinajstić information content (AvgIpc) is 2.72. The predicted molar refractivity (Wildman–Crippen MR) is 98.4 cm³/mol. The summed E-state index contributed by atoms with van der Waals surface area (Å²) in [6.07, 6.45) is -0.880. The van der Waals surface area contributed by atoms with Gasteiger partial charge in [0.25, 0.3) is 0 Å². The topological polar surface area (TPSA) is 89.2 Å². The third-order valence-corrected chi connectivity index (χ3v) is 4.94. The highest BCUT2D eigenvalue weighted by atomic mass is 16.7. The summed E-state index contributed by atoms with van der Waals surface area (Å²) in [6, 6.07) is 5.16. The van der Waals surface area contributed by atoms with Crippen molar-refractivity contribution in [3.8, 4) is 5.75 Å². The second-order valence-electron chi connectivity index (χ2n) is 7.82. The number of benzene rings is 1. The van der Waals surface area contributed by atoms with E-state index in [1.165, 1.54) is 0 Å². The van der Waals surface area contributed by atoms with Gasteiger partial charge in [-0.3, -0.25) is 0 Å². The Morgan fingerprint density at radius 2 is 1.77 bits per heavy atom. The highest BCUT2D eigenvalue weighted by molar-refractivity contribution is 6.62.